The molecule has 0 aliphatic carbocycles. The smallest absolute Gasteiger partial charge is 0.257 e. The zero-order valence-corrected chi connectivity index (χ0v) is 10.2. The summed E-state index contributed by atoms with van der Waals surface area (Å²) in [7, 11) is -1.75. The summed E-state index contributed by atoms with van der Waals surface area (Å²) in [4.78, 5) is 24.9. The molecule has 2 heterocycles. The fraction of sp³-hybridized carbons (Fsp3) is 0.667. The van der Waals surface area contributed by atoms with E-state index in [1.54, 1.807) is 4.67 Å². The van der Waals surface area contributed by atoms with Crippen molar-refractivity contribution in [3.63, 3.8) is 0 Å². The van der Waals surface area contributed by atoms with E-state index in [-0.39, 0.29) is 17.9 Å². The summed E-state index contributed by atoms with van der Waals surface area (Å²) in [5.41, 5.74) is 0. The standard InChI is InChI=1S/C9H15N3O2Si/c1-15(2,3)12-9(14)7-4-5-8(13)11(7)6-10-12/h6-7H,4-5H2,1-3H3. The Hall–Kier alpha value is -1.17. The van der Waals surface area contributed by atoms with Crippen LogP contribution >= 0.6 is 0 Å². The molecule has 1 atom stereocenters. The molecule has 2 aliphatic rings. The first-order valence-corrected chi connectivity index (χ1v) is 8.55. The second-order valence-electron chi connectivity index (χ2n) is 4.91. The minimum absolute atomic E-state index is 0.00678. The molecule has 5 nitrogen and oxygen atoms in total. The second-order valence-corrected chi connectivity index (χ2v) is 9.67. The van der Waals surface area contributed by atoms with Crippen LogP contribution in [0, 0.1) is 0 Å². The molecule has 1 fully saturated rings. The van der Waals surface area contributed by atoms with Gasteiger partial charge in [-0.2, -0.15) is 5.10 Å². The number of hydrogen-bond acceptors (Lipinski definition) is 3. The molecule has 1 unspecified atom stereocenters. The van der Waals surface area contributed by atoms with Gasteiger partial charge < -0.3 is 0 Å². The van der Waals surface area contributed by atoms with Crippen LogP contribution in [-0.2, 0) is 9.59 Å². The third-order valence-electron chi connectivity index (χ3n) is 2.68. The number of hydrazone groups is 1. The predicted molar refractivity (Wildman–Crippen MR) is 58.6 cm³/mol. The van der Waals surface area contributed by atoms with E-state index in [1.807, 2.05) is 0 Å². The number of hydrogen-bond donors (Lipinski definition) is 0. The van der Waals surface area contributed by atoms with Crippen molar-refractivity contribution in [2.24, 2.45) is 5.10 Å². The van der Waals surface area contributed by atoms with Gasteiger partial charge in [0.25, 0.3) is 5.91 Å². The highest BCUT2D eigenvalue weighted by Gasteiger charge is 2.43. The van der Waals surface area contributed by atoms with Crippen LogP contribution in [0.5, 0.6) is 0 Å². The molecule has 0 aromatic carbocycles. The minimum atomic E-state index is -1.75. The number of nitrogens with zero attached hydrogens (tertiary/aromatic N) is 3. The average Bonchev–Trinajstić information content (AvgIpc) is 2.47. The zero-order chi connectivity index (χ0) is 11.2. The lowest BCUT2D eigenvalue weighted by atomic mass is 10.2. The molecule has 2 rings (SSSR count). The highest BCUT2D eigenvalue weighted by Crippen LogP contribution is 2.25. The van der Waals surface area contributed by atoms with Crippen molar-refractivity contribution in [3.8, 4) is 0 Å². The summed E-state index contributed by atoms with van der Waals surface area (Å²) >= 11 is 0. The van der Waals surface area contributed by atoms with Crippen LogP contribution in [0.1, 0.15) is 12.8 Å². The molecule has 1 saturated heterocycles. The fourth-order valence-electron chi connectivity index (χ4n) is 1.90. The molecule has 0 aromatic heterocycles. The highest BCUT2D eigenvalue weighted by molar-refractivity contribution is 6.75. The van der Waals surface area contributed by atoms with Gasteiger partial charge in [-0.25, -0.2) is 0 Å². The first-order valence-electron chi connectivity index (χ1n) is 5.10. The number of carbonyl (C=O) groups is 2. The van der Waals surface area contributed by atoms with Crippen molar-refractivity contribution in [2.75, 3.05) is 0 Å². The fourth-order valence-corrected chi connectivity index (χ4v) is 3.11. The van der Waals surface area contributed by atoms with Crippen molar-refractivity contribution in [1.82, 2.24) is 9.57 Å². The highest BCUT2D eigenvalue weighted by atomic mass is 28.3. The minimum Gasteiger partial charge on any atom is -0.289 e. The molecule has 0 radical (unpaired) electrons. The van der Waals surface area contributed by atoms with E-state index in [9.17, 15) is 9.59 Å². The lowest BCUT2D eigenvalue weighted by Gasteiger charge is -2.36. The van der Waals surface area contributed by atoms with Crippen molar-refractivity contribution < 1.29 is 9.59 Å². The molecule has 0 spiro atoms. The van der Waals surface area contributed by atoms with Gasteiger partial charge in [-0.1, -0.05) is 0 Å². The first-order chi connectivity index (χ1) is 6.91. The molecule has 2 aliphatic heterocycles. The van der Waals surface area contributed by atoms with Crippen LogP contribution in [0.2, 0.25) is 19.6 Å². The predicted octanol–water partition coefficient (Wildman–Crippen LogP) is 0.598. The van der Waals surface area contributed by atoms with Crippen LogP contribution in [-0.4, -0.2) is 42.0 Å². The Bertz CT molecular complexity index is 348. The Balaban J connectivity index is 2.30. The third kappa shape index (κ3) is 1.58. The Labute approximate surface area is 89.8 Å². The Morgan fingerprint density at radius 1 is 1.40 bits per heavy atom. The third-order valence-corrected chi connectivity index (χ3v) is 4.28. The van der Waals surface area contributed by atoms with Gasteiger partial charge in [-0.3, -0.25) is 19.2 Å². The monoisotopic (exact) mass is 225 g/mol. The molecule has 15 heavy (non-hydrogen) atoms. The van der Waals surface area contributed by atoms with Gasteiger partial charge in [0.05, 0.1) is 0 Å². The van der Waals surface area contributed by atoms with Crippen LogP contribution in [0.25, 0.3) is 0 Å². The Kier molecular flexibility index (Phi) is 2.18. The van der Waals surface area contributed by atoms with Crippen LogP contribution in [0.3, 0.4) is 0 Å². The normalized spacial score (nSPS) is 26.2. The average molecular weight is 225 g/mol. The number of carbonyl (C=O) groups excluding carboxylic acids is 2. The molecule has 0 bridgehead atoms. The summed E-state index contributed by atoms with van der Waals surface area (Å²) in [6, 6.07) is -0.290. The topological polar surface area (TPSA) is 53.0 Å². The SMILES string of the molecule is C[Si](C)(C)N1N=CN2C(=O)CCC2C1=O. The summed E-state index contributed by atoms with van der Waals surface area (Å²) in [6.07, 6.45) is 2.60. The molecule has 2 amide bonds. The van der Waals surface area contributed by atoms with Gasteiger partial charge in [0, 0.05) is 6.42 Å². The summed E-state index contributed by atoms with van der Waals surface area (Å²) < 4.78 is 1.60. The van der Waals surface area contributed by atoms with Gasteiger partial charge in [0.15, 0.2) is 8.24 Å². The Morgan fingerprint density at radius 2 is 2.07 bits per heavy atom. The zero-order valence-electron chi connectivity index (χ0n) is 9.23. The van der Waals surface area contributed by atoms with E-state index in [2.05, 4.69) is 24.7 Å². The maximum absolute atomic E-state index is 12.1. The molecular weight excluding hydrogens is 210 g/mol. The molecular formula is C9H15N3O2Si. The summed E-state index contributed by atoms with van der Waals surface area (Å²) in [6.45, 7) is 6.19. The maximum Gasteiger partial charge on any atom is 0.257 e. The molecule has 0 N–H and O–H groups in total. The first kappa shape index (κ1) is 10.3. The summed E-state index contributed by atoms with van der Waals surface area (Å²) in [5.74, 6) is -0.00478. The van der Waals surface area contributed by atoms with Crippen molar-refractivity contribution in [2.45, 2.75) is 38.5 Å². The van der Waals surface area contributed by atoms with Crippen LogP contribution in [0.4, 0.5) is 0 Å². The lowest BCUT2D eigenvalue weighted by molar-refractivity contribution is -0.136. The van der Waals surface area contributed by atoms with E-state index < -0.39 is 8.24 Å². The summed E-state index contributed by atoms with van der Waals surface area (Å²) in [5, 5.41) is 4.10. The van der Waals surface area contributed by atoms with Gasteiger partial charge in [0.2, 0.25) is 5.91 Å². The second kappa shape index (κ2) is 3.16. The molecule has 82 valence electrons. The van der Waals surface area contributed by atoms with Gasteiger partial charge in [-0.05, 0) is 26.1 Å². The van der Waals surface area contributed by atoms with Gasteiger partial charge in [-0.15, -0.1) is 0 Å². The maximum atomic E-state index is 12.1. The van der Waals surface area contributed by atoms with Gasteiger partial charge in [0.1, 0.15) is 12.4 Å². The van der Waals surface area contributed by atoms with Crippen molar-refractivity contribution in [1.29, 1.82) is 0 Å². The molecule has 0 aromatic rings. The van der Waals surface area contributed by atoms with E-state index in [1.165, 1.54) is 11.2 Å². The number of rotatable bonds is 1. The van der Waals surface area contributed by atoms with Gasteiger partial charge >= 0.3 is 0 Å². The number of fused-ring (bicyclic) bond motifs is 1. The largest absolute Gasteiger partial charge is 0.289 e. The lowest BCUT2D eigenvalue weighted by Crippen LogP contribution is -2.56. The van der Waals surface area contributed by atoms with Crippen LogP contribution in [0.15, 0.2) is 5.10 Å². The van der Waals surface area contributed by atoms with E-state index in [0.29, 0.717) is 12.8 Å². The quantitative estimate of drug-likeness (QED) is 0.614. The van der Waals surface area contributed by atoms with Crippen molar-refractivity contribution in [3.05, 3.63) is 0 Å². The van der Waals surface area contributed by atoms with E-state index >= 15 is 0 Å². The Morgan fingerprint density at radius 3 is 2.67 bits per heavy atom. The van der Waals surface area contributed by atoms with Crippen LogP contribution < -0.4 is 0 Å². The van der Waals surface area contributed by atoms with E-state index in [0.717, 1.165) is 0 Å². The van der Waals surface area contributed by atoms with E-state index in [4.69, 9.17) is 0 Å². The molecule has 6 heteroatoms. The van der Waals surface area contributed by atoms with Crippen molar-refractivity contribution >= 4 is 26.4 Å². The molecule has 0 saturated carbocycles. The number of amides is 2.